The Morgan fingerprint density at radius 1 is 1.07 bits per heavy atom. The Morgan fingerprint density at radius 2 is 1.80 bits per heavy atom. The van der Waals surface area contributed by atoms with E-state index >= 15 is 0 Å². The Balaban J connectivity index is 1.95. The van der Waals surface area contributed by atoms with Gasteiger partial charge >= 0.3 is 0 Å². The number of hydrazone groups is 1. The Morgan fingerprint density at radius 3 is 2.47 bits per heavy atom. The molecule has 2 rings (SSSR count). The molecule has 2 N–H and O–H groups in total. The van der Waals surface area contributed by atoms with E-state index in [1.165, 1.54) is 6.21 Å². The molecule has 0 atom stereocenters. The summed E-state index contributed by atoms with van der Waals surface area (Å²) in [5.74, 6) is 0.402. The molecule has 7 nitrogen and oxygen atoms in total. The van der Waals surface area contributed by atoms with E-state index in [1.807, 2.05) is 52.0 Å². The molecule has 0 radical (unpaired) electrons. The van der Waals surface area contributed by atoms with Gasteiger partial charge in [-0.3, -0.25) is 9.59 Å². The predicted octanol–water partition coefficient (Wildman–Crippen LogP) is 4.18. The molecule has 0 spiro atoms. The molecule has 0 aromatic heterocycles. The average Bonchev–Trinajstić information content (AvgIpc) is 2.67. The summed E-state index contributed by atoms with van der Waals surface area (Å²) in [6.45, 7) is 8.72. The third-order valence-corrected chi connectivity index (χ3v) is 4.80. The summed E-state index contributed by atoms with van der Waals surface area (Å²) < 4.78 is 12.1. The molecule has 2 aromatic rings. The lowest BCUT2D eigenvalue weighted by atomic mass is 10.1. The monoisotopic (exact) mass is 523 g/mol. The second kappa shape index (κ2) is 11.5. The highest BCUT2D eigenvalue weighted by Crippen LogP contribution is 2.33. The number of benzene rings is 2. The molecule has 160 valence electrons. The maximum Gasteiger partial charge on any atom is 0.249 e. The maximum atomic E-state index is 12.1. The fourth-order valence-corrected chi connectivity index (χ4v) is 3.50. The Labute approximate surface area is 190 Å². The summed E-state index contributed by atoms with van der Waals surface area (Å²) in [6, 6.07) is 9.36. The van der Waals surface area contributed by atoms with Crippen LogP contribution in [-0.4, -0.2) is 31.2 Å². The van der Waals surface area contributed by atoms with Gasteiger partial charge in [0.1, 0.15) is 6.42 Å². The normalized spacial score (nSPS) is 10.7. The van der Waals surface area contributed by atoms with Crippen LogP contribution in [0, 0.1) is 17.4 Å². The fraction of sp³-hybridized carbons (Fsp3) is 0.318. The predicted molar refractivity (Wildman–Crippen MR) is 126 cm³/mol. The fourth-order valence-electron chi connectivity index (χ4n) is 2.72. The third kappa shape index (κ3) is 7.01. The Bertz CT molecular complexity index is 944. The minimum Gasteiger partial charge on any atom is -0.490 e. The van der Waals surface area contributed by atoms with Gasteiger partial charge in [0.15, 0.2) is 11.5 Å². The van der Waals surface area contributed by atoms with Gasteiger partial charge in [0, 0.05) is 5.69 Å². The molecule has 0 aliphatic rings. The molecule has 30 heavy (non-hydrogen) atoms. The van der Waals surface area contributed by atoms with Gasteiger partial charge in [0.05, 0.1) is 23.0 Å². The van der Waals surface area contributed by atoms with E-state index in [2.05, 4.69) is 38.4 Å². The van der Waals surface area contributed by atoms with E-state index in [0.29, 0.717) is 30.4 Å². The van der Waals surface area contributed by atoms with Crippen molar-refractivity contribution in [1.82, 2.24) is 5.43 Å². The number of rotatable bonds is 9. The summed E-state index contributed by atoms with van der Waals surface area (Å²) in [5.41, 5.74) is 5.86. The highest BCUT2D eigenvalue weighted by atomic mass is 127. The molecule has 0 aliphatic carbocycles. The van der Waals surface area contributed by atoms with Crippen LogP contribution in [0.3, 0.4) is 0 Å². The topological polar surface area (TPSA) is 89.0 Å². The lowest BCUT2D eigenvalue weighted by molar-refractivity contribution is -0.126. The van der Waals surface area contributed by atoms with Gasteiger partial charge in [-0.25, -0.2) is 5.43 Å². The zero-order valence-electron chi connectivity index (χ0n) is 17.5. The van der Waals surface area contributed by atoms with Crippen LogP contribution in [0.4, 0.5) is 5.69 Å². The van der Waals surface area contributed by atoms with E-state index in [-0.39, 0.29) is 6.42 Å². The zero-order chi connectivity index (χ0) is 22.1. The van der Waals surface area contributed by atoms with Crippen LogP contribution in [0.15, 0.2) is 35.4 Å². The Kier molecular flexibility index (Phi) is 9.10. The van der Waals surface area contributed by atoms with E-state index in [4.69, 9.17) is 9.47 Å². The molecule has 0 unspecified atom stereocenters. The Hall–Kier alpha value is -2.62. The summed E-state index contributed by atoms with van der Waals surface area (Å²) in [5, 5.41) is 6.69. The van der Waals surface area contributed by atoms with Gasteiger partial charge in [-0.15, -0.1) is 0 Å². The SMILES string of the molecule is CCOc1cc(C=NNC(=O)CC(=O)Nc2ccc(C)cc2C)cc(I)c1OCC. The second-order valence-electron chi connectivity index (χ2n) is 6.53. The number of halogens is 1. The number of anilines is 1. The van der Waals surface area contributed by atoms with Crippen molar-refractivity contribution in [3.8, 4) is 11.5 Å². The van der Waals surface area contributed by atoms with Crippen LogP contribution >= 0.6 is 22.6 Å². The summed E-state index contributed by atoms with van der Waals surface area (Å²) in [4.78, 5) is 24.1. The number of amides is 2. The number of carbonyl (C=O) groups is 2. The molecular weight excluding hydrogens is 497 g/mol. The van der Waals surface area contributed by atoms with E-state index < -0.39 is 11.8 Å². The van der Waals surface area contributed by atoms with Crippen molar-refractivity contribution in [3.63, 3.8) is 0 Å². The first-order valence-electron chi connectivity index (χ1n) is 9.62. The highest BCUT2D eigenvalue weighted by Gasteiger charge is 2.12. The number of ether oxygens (including phenoxy) is 2. The lowest BCUT2D eigenvalue weighted by Gasteiger charge is -2.13. The smallest absolute Gasteiger partial charge is 0.249 e. The molecular formula is C22H26IN3O4. The van der Waals surface area contributed by atoms with Gasteiger partial charge in [-0.05, 0) is 79.6 Å². The van der Waals surface area contributed by atoms with Crippen LogP contribution in [0.25, 0.3) is 0 Å². The van der Waals surface area contributed by atoms with Crippen LogP contribution < -0.4 is 20.2 Å². The standard InChI is InChI=1S/C22H26IN3O4/c1-5-29-19-11-16(10-17(23)22(19)30-6-2)13-24-26-21(28)12-20(27)25-18-8-7-14(3)9-15(18)4/h7-11,13H,5-6,12H2,1-4H3,(H,25,27)(H,26,28). The summed E-state index contributed by atoms with van der Waals surface area (Å²) in [7, 11) is 0. The minimum atomic E-state index is -0.501. The second-order valence-corrected chi connectivity index (χ2v) is 7.69. The minimum absolute atomic E-state index is 0.324. The van der Waals surface area contributed by atoms with Crippen molar-refractivity contribution in [2.24, 2.45) is 5.10 Å². The number of nitrogens with one attached hydrogen (secondary N) is 2. The first-order valence-corrected chi connectivity index (χ1v) is 10.7. The molecule has 8 heteroatoms. The first kappa shape index (κ1) is 23.7. The number of aryl methyl sites for hydroxylation is 2. The van der Waals surface area contributed by atoms with Crippen molar-refractivity contribution in [2.75, 3.05) is 18.5 Å². The largest absolute Gasteiger partial charge is 0.490 e. The lowest BCUT2D eigenvalue weighted by Crippen LogP contribution is -2.24. The van der Waals surface area contributed by atoms with Gasteiger partial charge in [0.2, 0.25) is 11.8 Å². The first-order chi connectivity index (χ1) is 14.3. The zero-order valence-corrected chi connectivity index (χ0v) is 19.7. The summed E-state index contributed by atoms with van der Waals surface area (Å²) in [6.07, 6.45) is 1.18. The van der Waals surface area contributed by atoms with Crippen LogP contribution in [-0.2, 0) is 9.59 Å². The molecule has 0 bridgehead atoms. The number of hydrogen-bond donors (Lipinski definition) is 2. The van der Waals surface area contributed by atoms with Crippen molar-refractivity contribution in [3.05, 3.63) is 50.6 Å². The van der Waals surface area contributed by atoms with E-state index in [0.717, 1.165) is 20.3 Å². The molecule has 2 aromatic carbocycles. The maximum absolute atomic E-state index is 12.1. The molecule has 0 aliphatic heterocycles. The van der Waals surface area contributed by atoms with Crippen molar-refractivity contribution < 1.29 is 19.1 Å². The summed E-state index contributed by atoms with van der Waals surface area (Å²) >= 11 is 2.16. The van der Waals surface area contributed by atoms with Gasteiger partial charge in [-0.1, -0.05) is 17.7 Å². The van der Waals surface area contributed by atoms with Crippen molar-refractivity contribution in [2.45, 2.75) is 34.1 Å². The van der Waals surface area contributed by atoms with E-state index in [9.17, 15) is 9.59 Å². The molecule has 2 amide bonds. The molecule has 0 saturated carbocycles. The van der Waals surface area contributed by atoms with E-state index in [1.54, 1.807) is 6.07 Å². The van der Waals surface area contributed by atoms with Crippen molar-refractivity contribution >= 4 is 46.3 Å². The molecule has 0 heterocycles. The molecule has 0 saturated heterocycles. The average molecular weight is 523 g/mol. The van der Waals surface area contributed by atoms with Crippen LogP contribution in [0.5, 0.6) is 11.5 Å². The number of carbonyl (C=O) groups excluding carboxylic acids is 2. The van der Waals surface area contributed by atoms with Gasteiger partial charge in [-0.2, -0.15) is 5.10 Å². The third-order valence-electron chi connectivity index (χ3n) is 4.00. The number of nitrogens with zero attached hydrogens (tertiary/aromatic N) is 1. The highest BCUT2D eigenvalue weighted by molar-refractivity contribution is 14.1. The number of hydrogen-bond acceptors (Lipinski definition) is 5. The van der Waals surface area contributed by atoms with Gasteiger partial charge in [0.25, 0.3) is 0 Å². The van der Waals surface area contributed by atoms with Crippen LogP contribution in [0.1, 0.15) is 37.0 Å². The quantitative estimate of drug-likeness (QED) is 0.223. The van der Waals surface area contributed by atoms with Crippen LogP contribution in [0.2, 0.25) is 0 Å². The molecule has 0 fully saturated rings. The van der Waals surface area contributed by atoms with Gasteiger partial charge < -0.3 is 14.8 Å². The van der Waals surface area contributed by atoms with Crippen molar-refractivity contribution in [1.29, 1.82) is 0 Å².